The molecule has 5 heteroatoms. The first kappa shape index (κ1) is 19.6. The summed E-state index contributed by atoms with van der Waals surface area (Å²) in [6.45, 7) is 3.52. The van der Waals surface area contributed by atoms with Gasteiger partial charge in [-0.15, -0.1) is 5.10 Å². The van der Waals surface area contributed by atoms with Crippen molar-refractivity contribution >= 4 is 5.91 Å². The van der Waals surface area contributed by atoms with Crippen molar-refractivity contribution in [3.63, 3.8) is 0 Å². The van der Waals surface area contributed by atoms with Crippen LogP contribution >= 0.6 is 0 Å². The van der Waals surface area contributed by atoms with Gasteiger partial charge in [-0.2, -0.15) is 0 Å². The number of amides is 1. The molecule has 0 radical (unpaired) electrons. The van der Waals surface area contributed by atoms with Gasteiger partial charge in [0.15, 0.2) is 5.69 Å². The Kier molecular flexibility index (Phi) is 5.99. The minimum absolute atomic E-state index is 0.112. The van der Waals surface area contributed by atoms with Gasteiger partial charge in [0.2, 0.25) is 0 Å². The monoisotopic (exact) mass is 396 g/mol. The molecule has 0 spiro atoms. The molecule has 0 fully saturated rings. The maximum absolute atomic E-state index is 13.5. The summed E-state index contributed by atoms with van der Waals surface area (Å²) in [5.41, 5.74) is 4.45. The third-order valence-corrected chi connectivity index (χ3v) is 5.08. The van der Waals surface area contributed by atoms with E-state index in [-0.39, 0.29) is 5.91 Å². The number of hydrogen-bond acceptors (Lipinski definition) is 3. The molecule has 5 nitrogen and oxygen atoms in total. The van der Waals surface area contributed by atoms with E-state index >= 15 is 0 Å². The molecule has 150 valence electrons. The maximum atomic E-state index is 13.5. The first-order valence-corrected chi connectivity index (χ1v) is 10.0. The SMILES string of the molecule is Cc1c(C(=O)N(Cc2ccccc2)Cc2ccccc2)nnn1Cc1ccccc1. The zero-order chi connectivity index (χ0) is 20.8. The van der Waals surface area contributed by atoms with E-state index in [1.54, 1.807) is 4.68 Å². The fourth-order valence-corrected chi connectivity index (χ4v) is 3.42. The van der Waals surface area contributed by atoms with Crippen LogP contribution in [0, 0.1) is 6.92 Å². The van der Waals surface area contributed by atoms with Gasteiger partial charge in [-0.05, 0) is 23.6 Å². The first-order chi connectivity index (χ1) is 14.7. The molecule has 0 aliphatic heterocycles. The van der Waals surface area contributed by atoms with Crippen LogP contribution < -0.4 is 0 Å². The Balaban J connectivity index is 1.59. The summed E-state index contributed by atoms with van der Waals surface area (Å²) in [7, 11) is 0. The molecule has 0 saturated carbocycles. The Morgan fingerprint density at radius 3 is 1.73 bits per heavy atom. The maximum Gasteiger partial charge on any atom is 0.276 e. The van der Waals surface area contributed by atoms with Crippen molar-refractivity contribution < 1.29 is 4.79 Å². The summed E-state index contributed by atoms with van der Waals surface area (Å²) in [5.74, 6) is -0.112. The van der Waals surface area contributed by atoms with Gasteiger partial charge in [-0.25, -0.2) is 4.68 Å². The quantitative estimate of drug-likeness (QED) is 0.463. The molecule has 1 heterocycles. The Morgan fingerprint density at radius 2 is 1.23 bits per heavy atom. The van der Waals surface area contributed by atoms with Crippen LogP contribution in [0.1, 0.15) is 32.9 Å². The third-order valence-electron chi connectivity index (χ3n) is 5.08. The van der Waals surface area contributed by atoms with Crippen molar-refractivity contribution in [2.75, 3.05) is 0 Å². The number of benzene rings is 3. The normalized spacial score (nSPS) is 10.7. The molecule has 0 unspecified atom stereocenters. The van der Waals surface area contributed by atoms with Crippen molar-refractivity contribution in [1.82, 2.24) is 19.9 Å². The van der Waals surface area contributed by atoms with E-state index in [4.69, 9.17) is 0 Å². The minimum atomic E-state index is -0.112. The van der Waals surface area contributed by atoms with Crippen molar-refractivity contribution in [2.45, 2.75) is 26.6 Å². The van der Waals surface area contributed by atoms with Gasteiger partial charge in [0.25, 0.3) is 5.91 Å². The molecule has 30 heavy (non-hydrogen) atoms. The summed E-state index contributed by atoms with van der Waals surface area (Å²) in [6, 6.07) is 30.1. The van der Waals surface area contributed by atoms with Gasteiger partial charge < -0.3 is 4.90 Å². The van der Waals surface area contributed by atoms with Crippen LogP contribution in [0.4, 0.5) is 0 Å². The largest absolute Gasteiger partial charge is 0.329 e. The Labute approximate surface area is 176 Å². The Bertz CT molecular complexity index is 1050. The summed E-state index contributed by atoms with van der Waals surface area (Å²) in [4.78, 5) is 15.3. The van der Waals surface area contributed by atoms with Crippen LogP contribution in [0.3, 0.4) is 0 Å². The molecule has 0 bridgehead atoms. The molecule has 0 aliphatic carbocycles. The Morgan fingerprint density at radius 1 is 0.767 bits per heavy atom. The third kappa shape index (κ3) is 4.63. The van der Waals surface area contributed by atoms with Crippen molar-refractivity contribution in [3.8, 4) is 0 Å². The van der Waals surface area contributed by atoms with Crippen LogP contribution in [0.15, 0.2) is 91.0 Å². The first-order valence-electron chi connectivity index (χ1n) is 10.0. The second-order valence-electron chi connectivity index (χ2n) is 7.30. The van der Waals surface area contributed by atoms with Crippen LogP contribution in [0.5, 0.6) is 0 Å². The lowest BCUT2D eigenvalue weighted by Crippen LogP contribution is -2.31. The molecular weight excluding hydrogens is 372 g/mol. The van der Waals surface area contributed by atoms with Gasteiger partial charge >= 0.3 is 0 Å². The standard InChI is InChI=1S/C25H24N4O/c1-20-24(26-27-29(20)19-23-15-9-4-10-16-23)25(30)28(17-21-11-5-2-6-12-21)18-22-13-7-3-8-14-22/h2-16H,17-19H2,1H3. The molecule has 0 aliphatic rings. The number of aromatic nitrogens is 3. The highest BCUT2D eigenvalue weighted by Crippen LogP contribution is 2.16. The smallest absolute Gasteiger partial charge is 0.276 e. The number of carbonyl (C=O) groups is 1. The van der Waals surface area contributed by atoms with Crippen LogP contribution in [0.25, 0.3) is 0 Å². The van der Waals surface area contributed by atoms with Crippen molar-refractivity contribution in [2.24, 2.45) is 0 Å². The predicted octanol–water partition coefficient (Wildman–Crippen LogP) is 4.48. The van der Waals surface area contributed by atoms with E-state index in [0.717, 1.165) is 22.4 Å². The van der Waals surface area contributed by atoms with E-state index < -0.39 is 0 Å². The fourth-order valence-electron chi connectivity index (χ4n) is 3.42. The van der Waals surface area contributed by atoms with Gasteiger partial charge in [-0.1, -0.05) is 96.2 Å². The zero-order valence-corrected chi connectivity index (χ0v) is 17.0. The second-order valence-corrected chi connectivity index (χ2v) is 7.30. The lowest BCUT2D eigenvalue weighted by molar-refractivity contribution is 0.0723. The average Bonchev–Trinajstić information content (AvgIpc) is 3.15. The molecule has 0 atom stereocenters. The zero-order valence-electron chi connectivity index (χ0n) is 17.0. The Hall–Kier alpha value is -3.73. The van der Waals surface area contributed by atoms with E-state index in [0.29, 0.717) is 25.3 Å². The van der Waals surface area contributed by atoms with E-state index in [2.05, 4.69) is 10.3 Å². The molecule has 1 aromatic heterocycles. The number of rotatable bonds is 7. The van der Waals surface area contributed by atoms with Crippen LogP contribution in [-0.4, -0.2) is 25.8 Å². The molecular formula is C25H24N4O. The van der Waals surface area contributed by atoms with Gasteiger partial charge in [0.05, 0.1) is 12.2 Å². The van der Waals surface area contributed by atoms with Crippen molar-refractivity contribution in [3.05, 3.63) is 119 Å². The van der Waals surface area contributed by atoms with Crippen LogP contribution in [0.2, 0.25) is 0 Å². The number of hydrogen-bond donors (Lipinski definition) is 0. The van der Waals surface area contributed by atoms with E-state index in [1.165, 1.54) is 0 Å². The van der Waals surface area contributed by atoms with Gasteiger partial charge in [0.1, 0.15) is 0 Å². The summed E-state index contributed by atoms with van der Waals surface area (Å²) in [6.07, 6.45) is 0. The predicted molar refractivity (Wildman–Crippen MR) is 117 cm³/mol. The lowest BCUT2D eigenvalue weighted by atomic mass is 10.1. The van der Waals surface area contributed by atoms with Gasteiger partial charge in [0, 0.05) is 13.1 Å². The molecule has 4 aromatic rings. The van der Waals surface area contributed by atoms with Crippen LogP contribution in [-0.2, 0) is 19.6 Å². The van der Waals surface area contributed by atoms with Gasteiger partial charge in [-0.3, -0.25) is 4.79 Å². The molecule has 0 N–H and O–H groups in total. The van der Waals surface area contributed by atoms with Crippen molar-refractivity contribution in [1.29, 1.82) is 0 Å². The summed E-state index contributed by atoms with van der Waals surface area (Å²) in [5, 5.41) is 8.49. The second kappa shape index (κ2) is 9.18. The van der Waals surface area contributed by atoms with E-state index in [9.17, 15) is 4.79 Å². The topological polar surface area (TPSA) is 51.0 Å². The highest BCUT2D eigenvalue weighted by Gasteiger charge is 2.23. The van der Waals surface area contributed by atoms with E-state index in [1.807, 2.05) is 103 Å². The number of nitrogens with zero attached hydrogens (tertiary/aromatic N) is 4. The fraction of sp³-hybridized carbons (Fsp3) is 0.160. The number of carbonyl (C=O) groups excluding carboxylic acids is 1. The molecule has 3 aromatic carbocycles. The molecule has 1 amide bonds. The molecule has 4 rings (SSSR count). The lowest BCUT2D eigenvalue weighted by Gasteiger charge is -2.22. The highest BCUT2D eigenvalue weighted by atomic mass is 16.2. The summed E-state index contributed by atoms with van der Waals surface area (Å²) >= 11 is 0. The highest BCUT2D eigenvalue weighted by molar-refractivity contribution is 5.93. The minimum Gasteiger partial charge on any atom is -0.329 e. The molecule has 0 saturated heterocycles. The average molecular weight is 396 g/mol. The summed E-state index contributed by atoms with van der Waals surface area (Å²) < 4.78 is 1.78.